The summed E-state index contributed by atoms with van der Waals surface area (Å²) in [5, 5.41) is 0. The molecule has 0 atom stereocenters. The molecule has 2 aromatic carbocycles. The van der Waals surface area contributed by atoms with Crippen molar-refractivity contribution < 1.29 is 13.6 Å². The van der Waals surface area contributed by atoms with Crippen molar-refractivity contribution in [2.24, 2.45) is 0 Å². The average Bonchev–Trinajstić information content (AvgIpc) is 2.56. The third-order valence-corrected chi connectivity index (χ3v) is 4.07. The molecule has 120 valence electrons. The third-order valence-electron chi connectivity index (χ3n) is 4.07. The highest BCUT2D eigenvalue weighted by atomic mass is 19.1. The summed E-state index contributed by atoms with van der Waals surface area (Å²) in [5.74, 6) is -0.566. The van der Waals surface area contributed by atoms with E-state index in [0.717, 1.165) is 5.69 Å². The second-order valence-electron chi connectivity index (χ2n) is 5.65. The van der Waals surface area contributed by atoms with Crippen LogP contribution in [-0.4, -0.2) is 37.0 Å². The SMILES string of the molecule is O=C(Cc1cccc(F)c1)N1CCN(c2ccc(F)cc2)CC1. The van der Waals surface area contributed by atoms with Crippen molar-refractivity contribution in [2.75, 3.05) is 31.1 Å². The first-order valence-corrected chi connectivity index (χ1v) is 7.64. The van der Waals surface area contributed by atoms with E-state index in [2.05, 4.69) is 4.90 Å². The molecule has 0 radical (unpaired) electrons. The summed E-state index contributed by atoms with van der Waals surface area (Å²) >= 11 is 0. The Morgan fingerprint density at radius 3 is 2.26 bits per heavy atom. The van der Waals surface area contributed by atoms with Crippen LogP contribution in [0.3, 0.4) is 0 Å². The van der Waals surface area contributed by atoms with Crippen molar-refractivity contribution in [3.05, 3.63) is 65.7 Å². The largest absolute Gasteiger partial charge is 0.368 e. The zero-order chi connectivity index (χ0) is 16.2. The zero-order valence-corrected chi connectivity index (χ0v) is 12.7. The van der Waals surface area contributed by atoms with Crippen LogP contribution in [-0.2, 0) is 11.2 Å². The minimum Gasteiger partial charge on any atom is -0.368 e. The maximum atomic E-state index is 13.2. The quantitative estimate of drug-likeness (QED) is 0.869. The fourth-order valence-corrected chi connectivity index (χ4v) is 2.80. The molecule has 0 spiro atoms. The van der Waals surface area contributed by atoms with Gasteiger partial charge < -0.3 is 9.80 Å². The van der Waals surface area contributed by atoms with Crippen LogP contribution < -0.4 is 4.90 Å². The van der Waals surface area contributed by atoms with Crippen molar-refractivity contribution in [3.63, 3.8) is 0 Å². The molecule has 2 aromatic rings. The number of carbonyl (C=O) groups is 1. The van der Waals surface area contributed by atoms with Crippen LogP contribution in [0.1, 0.15) is 5.56 Å². The van der Waals surface area contributed by atoms with E-state index in [4.69, 9.17) is 0 Å². The van der Waals surface area contributed by atoms with E-state index in [1.165, 1.54) is 24.3 Å². The monoisotopic (exact) mass is 316 g/mol. The Labute approximate surface area is 134 Å². The van der Waals surface area contributed by atoms with Gasteiger partial charge in [0.25, 0.3) is 0 Å². The fourth-order valence-electron chi connectivity index (χ4n) is 2.80. The van der Waals surface area contributed by atoms with Gasteiger partial charge in [-0.1, -0.05) is 12.1 Å². The Balaban J connectivity index is 1.56. The molecule has 0 bridgehead atoms. The van der Waals surface area contributed by atoms with Crippen LogP contribution in [0.4, 0.5) is 14.5 Å². The number of rotatable bonds is 3. The van der Waals surface area contributed by atoms with E-state index in [-0.39, 0.29) is 24.0 Å². The Kier molecular flexibility index (Phi) is 4.55. The van der Waals surface area contributed by atoms with Crippen molar-refractivity contribution in [1.29, 1.82) is 0 Å². The Bertz CT molecular complexity index is 680. The molecule has 3 nitrogen and oxygen atoms in total. The normalized spacial score (nSPS) is 14.9. The number of amides is 1. The molecule has 1 aliphatic rings. The fraction of sp³-hybridized carbons (Fsp3) is 0.278. The van der Waals surface area contributed by atoms with Gasteiger partial charge in [-0.3, -0.25) is 4.79 Å². The number of piperazine rings is 1. The molecular weight excluding hydrogens is 298 g/mol. The van der Waals surface area contributed by atoms with Crippen LogP contribution in [0.5, 0.6) is 0 Å². The van der Waals surface area contributed by atoms with E-state index in [1.54, 1.807) is 29.2 Å². The van der Waals surface area contributed by atoms with Crippen molar-refractivity contribution >= 4 is 11.6 Å². The Morgan fingerprint density at radius 2 is 1.61 bits per heavy atom. The highest BCUT2D eigenvalue weighted by Gasteiger charge is 2.21. The summed E-state index contributed by atoms with van der Waals surface area (Å²) in [5.41, 5.74) is 1.65. The standard InChI is InChI=1S/C18H18F2N2O/c19-15-4-6-17(7-5-15)21-8-10-22(11-9-21)18(23)13-14-2-1-3-16(20)12-14/h1-7,12H,8-11,13H2. The van der Waals surface area contributed by atoms with Gasteiger partial charge in [0.15, 0.2) is 0 Å². The molecule has 0 saturated carbocycles. The molecular formula is C18H18F2N2O. The molecule has 0 aliphatic carbocycles. The highest BCUT2D eigenvalue weighted by Crippen LogP contribution is 2.17. The van der Waals surface area contributed by atoms with Gasteiger partial charge in [0.05, 0.1) is 6.42 Å². The lowest BCUT2D eigenvalue weighted by Gasteiger charge is -2.36. The van der Waals surface area contributed by atoms with Crippen LogP contribution in [0.15, 0.2) is 48.5 Å². The summed E-state index contributed by atoms with van der Waals surface area (Å²) in [6.07, 6.45) is 0.217. The lowest BCUT2D eigenvalue weighted by atomic mass is 10.1. The number of hydrogen-bond donors (Lipinski definition) is 0. The number of anilines is 1. The van der Waals surface area contributed by atoms with E-state index in [9.17, 15) is 13.6 Å². The first-order chi connectivity index (χ1) is 11.1. The smallest absolute Gasteiger partial charge is 0.227 e. The second-order valence-corrected chi connectivity index (χ2v) is 5.65. The first-order valence-electron chi connectivity index (χ1n) is 7.64. The predicted molar refractivity (Wildman–Crippen MR) is 85.3 cm³/mol. The van der Waals surface area contributed by atoms with Gasteiger partial charge >= 0.3 is 0 Å². The van der Waals surface area contributed by atoms with Crippen molar-refractivity contribution in [1.82, 2.24) is 4.90 Å². The van der Waals surface area contributed by atoms with E-state index in [1.807, 2.05) is 0 Å². The number of hydrogen-bond acceptors (Lipinski definition) is 2. The molecule has 0 aromatic heterocycles. The lowest BCUT2D eigenvalue weighted by molar-refractivity contribution is -0.130. The van der Waals surface area contributed by atoms with Gasteiger partial charge in [-0.2, -0.15) is 0 Å². The molecule has 0 N–H and O–H groups in total. The van der Waals surface area contributed by atoms with Crippen LogP contribution in [0.25, 0.3) is 0 Å². The van der Waals surface area contributed by atoms with Gasteiger partial charge in [0, 0.05) is 31.9 Å². The van der Waals surface area contributed by atoms with E-state index < -0.39 is 0 Å². The maximum Gasteiger partial charge on any atom is 0.227 e. The van der Waals surface area contributed by atoms with Gasteiger partial charge in [-0.05, 0) is 42.0 Å². The Morgan fingerprint density at radius 1 is 0.913 bits per heavy atom. The summed E-state index contributed by atoms with van der Waals surface area (Å²) in [6, 6.07) is 12.5. The minimum atomic E-state index is -0.323. The summed E-state index contributed by atoms with van der Waals surface area (Å²) < 4.78 is 26.1. The van der Waals surface area contributed by atoms with E-state index in [0.29, 0.717) is 31.7 Å². The maximum absolute atomic E-state index is 13.2. The van der Waals surface area contributed by atoms with Crippen LogP contribution >= 0.6 is 0 Å². The number of halogens is 2. The summed E-state index contributed by atoms with van der Waals surface area (Å²) in [6.45, 7) is 2.65. The van der Waals surface area contributed by atoms with Crippen molar-refractivity contribution in [2.45, 2.75) is 6.42 Å². The van der Waals surface area contributed by atoms with Crippen LogP contribution in [0.2, 0.25) is 0 Å². The summed E-state index contributed by atoms with van der Waals surface area (Å²) in [4.78, 5) is 16.2. The number of benzene rings is 2. The van der Waals surface area contributed by atoms with Crippen molar-refractivity contribution in [3.8, 4) is 0 Å². The van der Waals surface area contributed by atoms with Gasteiger partial charge in [0.1, 0.15) is 11.6 Å². The molecule has 1 aliphatic heterocycles. The summed E-state index contributed by atoms with van der Waals surface area (Å²) in [7, 11) is 0. The molecule has 23 heavy (non-hydrogen) atoms. The molecule has 1 fully saturated rings. The van der Waals surface area contributed by atoms with Gasteiger partial charge in [-0.15, -0.1) is 0 Å². The second kappa shape index (κ2) is 6.77. The molecule has 3 rings (SSSR count). The third kappa shape index (κ3) is 3.86. The van der Waals surface area contributed by atoms with Gasteiger partial charge in [0.2, 0.25) is 5.91 Å². The van der Waals surface area contributed by atoms with Crippen LogP contribution in [0, 0.1) is 11.6 Å². The molecule has 1 saturated heterocycles. The van der Waals surface area contributed by atoms with Gasteiger partial charge in [-0.25, -0.2) is 8.78 Å². The highest BCUT2D eigenvalue weighted by molar-refractivity contribution is 5.79. The average molecular weight is 316 g/mol. The molecule has 5 heteroatoms. The first kappa shape index (κ1) is 15.5. The van der Waals surface area contributed by atoms with E-state index >= 15 is 0 Å². The predicted octanol–water partition coefficient (Wildman–Crippen LogP) is 2.86. The lowest BCUT2D eigenvalue weighted by Crippen LogP contribution is -2.49. The molecule has 0 unspecified atom stereocenters. The number of carbonyl (C=O) groups excluding carboxylic acids is 1. The Hall–Kier alpha value is -2.43. The number of nitrogens with zero attached hydrogens (tertiary/aromatic N) is 2. The molecule has 1 heterocycles. The molecule has 1 amide bonds. The topological polar surface area (TPSA) is 23.6 Å². The zero-order valence-electron chi connectivity index (χ0n) is 12.7. The minimum absolute atomic E-state index is 0.00866.